The number of hydrogen-bond acceptors (Lipinski definition) is 6. The molecule has 2 N–H and O–H groups in total. The highest BCUT2D eigenvalue weighted by Crippen LogP contribution is 2.25. The van der Waals surface area contributed by atoms with Crippen molar-refractivity contribution in [2.75, 3.05) is 6.61 Å². The minimum atomic E-state index is -3.87. The van der Waals surface area contributed by atoms with Gasteiger partial charge in [0, 0.05) is 0 Å². The highest BCUT2D eigenvalue weighted by molar-refractivity contribution is 7.91. The zero-order valence-electron chi connectivity index (χ0n) is 13.5. The highest BCUT2D eigenvalue weighted by atomic mass is 35.5. The van der Waals surface area contributed by atoms with Crippen LogP contribution < -0.4 is 19.7 Å². The molecule has 0 unspecified atom stereocenters. The number of nitrogens with one attached hydrogen (secondary N) is 2. The van der Waals surface area contributed by atoms with Crippen LogP contribution in [0.1, 0.15) is 13.8 Å². The van der Waals surface area contributed by atoms with Crippen molar-refractivity contribution < 1.29 is 22.7 Å². The largest absolute Gasteiger partial charge is 0.494 e. The topological polar surface area (TPSA) is 93.7 Å². The number of benzene rings is 1. The van der Waals surface area contributed by atoms with Gasteiger partial charge in [0.1, 0.15) is 15.7 Å². The van der Waals surface area contributed by atoms with E-state index in [0.29, 0.717) is 22.4 Å². The summed E-state index contributed by atoms with van der Waals surface area (Å²) < 4.78 is 35.1. The second-order valence-corrected chi connectivity index (χ2v) is 8.44. The average Bonchev–Trinajstić information content (AvgIpc) is 3.02. The Labute approximate surface area is 154 Å². The summed E-state index contributed by atoms with van der Waals surface area (Å²) in [4.78, 5) is 14.0. The van der Waals surface area contributed by atoms with Gasteiger partial charge >= 0.3 is 0 Å². The van der Waals surface area contributed by atoms with Crippen molar-refractivity contribution >= 4 is 38.9 Å². The van der Waals surface area contributed by atoms with Crippen LogP contribution in [0.25, 0.3) is 0 Å². The Morgan fingerprint density at radius 2 is 1.84 bits per heavy atom. The van der Waals surface area contributed by atoms with Crippen LogP contribution in [-0.4, -0.2) is 27.0 Å². The van der Waals surface area contributed by atoms with Crippen molar-refractivity contribution in [2.45, 2.75) is 24.2 Å². The molecule has 10 heteroatoms. The van der Waals surface area contributed by atoms with Gasteiger partial charge in [0.05, 0.1) is 10.9 Å². The summed E-state index contributed by atoms with van der Waals surface area (Å²) in [6, 6.07) is 9.56. The van der Waals surface area contributed by atoms with Crippen LogP contribution in [0.15, 0.2) is 40.6 Å². The predicted molar refractivity (Wildman–Crippen MR) is 95.5 cm³/mol. The standard InChI is InChI=1S/C15H17ClN2O5S2/c1-3-22-11-4-6-12(7-5-11)23-10(2)15(19)17-18-25(20,21)14-9-8-13(16)24-14/h4-10,18H,3H2,1-2H3,(H,17,19)/t10-/m0/s1. The molecule has 0 saturated heterocycles. The van der Waals surface area contributed by atoms with Gasteiger partial charge in [-0.05, 0) is 50.2 Å². The fraction of sp³-hybridized carbons (Fsp3) is 0.267. The average molecular weight is 405 g/mol. The van der Waals surface area contributed by atoms with Crippen LogP contribution >= 0.6 is 22.9 Å². The third-order valence-corrected chi connectivity index (χ3v) is 5.91. The van der Waals surface area contributed by atoms with Crippen molar-refractivity contribution in [1.82, 2.24) is 10.3 Å². The highest BCUT2D eigenvalue weighted by Gasteiger charge is 2.20. The van der Waals surface area contributed by atoms with E-state index in [1.807, 2.05) is 11.8 Å². The normalized spacial score (nSPS) is 12.4. The number of thiophene rings is 1. The smallest absolute Gasteiger partial charge is 0.275 e. The molecule has 1 aromatic heterocycles. The maximum absolute atomic E-state index is 12.0. The molecule has 0 radical (unpaired) electrons. The molecule has 25 heavy (non-hydrogen) atoms. The molecule has 0 aliphatic carbocycles. The number of carbonyl (C=O) groups excluding carboxylic acids is 1. The summed E-state index contributed by atoms with van der Waals surface area (Å²) in [5, 5.41) is 0. The van der Waals surface area contributed by atoms with Crippen molar-refractivity contribution in [3.63, 3.8) is 0 Å². The molecule has 0 fully saturated rings. The van der Waals surface area contributed by atoms with E-state index in [-0.39, 0.29) is 4.21 Å². The Morgan fingerprint density at radius 3 is 2.40 bits per heavy atom. The molecule has 1 heterocycles. The van der Waals surface area contributed by atoms with Gasteiger partial charge in [-0.25, -0.2) is 8.42 Å². The Balaban J connectivity index is 1.89. The summed E-state index contributed by atoms with van der Waals surface area (Å²) in [6.45, 7) is 3.93. The van der Waals surface area contributed by atoms with E-state index in [0.717, 1.165) is 11.3 Å². The van der Waals surface area contributed by atoms with Gasteiger partial charge < -0.3 is 9.47 Å². The molecule has 1 aromatic carbocycles. The lowest BCUT2D eigenvalue weighted by Gasteiger charge is -2.15. The Kier molecular flexibility index (Phi) is 6.65. The zero-order valence-corrected chi connectivity index (χ0v) is 15.9. The SMILES string of the molecule is CCOc1ccc(O[C@@H](C)C(=O)NNS(=O)(=O)c2ccc(Cl)s2)cc1. The lowest BCUT2D eigenvalue weighted by atomic mass is 10.3. The Morgan fingerprint density at radius 1 is 1.20 bits per heavy atom. The second kappa shape index (κ2) is 8.52. The number of ether oxygens (including phenoxy) is 2. The molecule has 0 aliphatic heterocycles. The van der Waals surface area contributed by atoms with Gasteiger partial charge in [0.2, 0.25) is 0 Å². The molecule has 2 rings (SSSR count). The van der Waals surface area contributed by atoms with E-state index in [9.17, 15) is 13.2 Å². The lowest BCUT2D eigenvalue weighted by molar-refractivity contribution is -0.127. The zero-order chi connectivity index (χ0) is 18.4. The van der Waals surface area contributed by atoms with Crippen LogP contribution in [0.2, 0.25) is 4.34 Å². The van der Waals surface area contributed by atoms with Crippen LogP contribution in [0.4, 0.5) is 0 Å². The maximum Gasteiger partial charge on any atom is 0.275 e. The van der Waals surface area contributed by atoms with E-state index in [1.54, 1.807) is 24.3 Å². The van der Waals surface area contributed by atoms with Crippen molar-refractivity contribution in [3.8, 4) is 11.5 Å². The van der Waals surface area contributed by atoms with E-state index in [4.69, 9.17) is 21.1 Å². The summed E-state index contributed by atoms with van der Waals surface area (Å²) >= 11 is 6.59. The maximum atomic E-state index is 12.0. The first-order valence-electron chi connectivity index (χ1n) is 7.28. The van der Waals surface area contributed by atoms with E-state index in [2.05, 4.69) is 5.43 Å². The van der Waals surface area contributed by atoms with E-state index >= 15 is 0 Å². The Bertz CT molecular complexity index is 821. The molecular weight excluding hydrogens is 388 g/mol. The first-order chi connectivity index (χ1) is 11.8. The van der Waals surface area contributed by atoms with Gasteiger partial charge in [0.25, 0.3) is 15.9 Å². The number of halogens is 1. The van der Waals surface area contributed by atoms with Gasteiger partial charge in [-0.2, -0.15) is 0 Å². The monoisotopic (exact) mass is 404 g/mol. The number of carbonyl (C=O) groups is 1. The predicted octanol–water partition coefficient (Wildman–Crippen LogP) is 2.58. The lowest BCUT2D eigenvalue weighted by Crippen LogP contribution is -2.46. The summed E-state index contributed by atoms with van der Waals surface area (Å²) in [5.74, 6) is 0.508. The molecular formula is C15H17ClN2O5S2. The van der Waals surface area contributed by atoms with E-state index < -0.39 is 22.0 Å². The molecule has 0 spiro atoms. The molecule has 7 nitrogen and oxygen atoms in total. The molecule has 1 atom stereocenters. The van der Waals surface area contributed by atoms with Gasteiger partial charge in [-0.1, -0.05) is 11.6 Å². The van der Waals surface area contributed by atoms with Crippen molar-refractivity contribution in [3.05, 3.63) is 40.7 Å². The van der Waals surface area contributed by atoms with Crippen LogP contribution in [0, 0.1) is 0 Å². The van der Waals surface area contributed by atoms with Crippen molar-refractivity contribution in [2.24, 2.45) is 0 Å². The van der Waals surface area contributed by atoms with Crippen LogP contribution in [0.5, 0.6) is 11.5 Å². The Hall–Kier alpha value is -1.81. The first kappa shape index (κ1) is 19.5. The molecule has 1 amide bonds. The number of amides is 1. The summed E-state index contributed by atoms with van der Waals surface area (Å²) in [6.07, 6.45) is -0.910. The molecule has 136 valence electrons. The first-order valence-corrected chi connectivity index (χ1v) is 9.96. The van der Waals surface area contributed by atoms with Crippen LogP contribution in [-0.2, 0) is 14.8 Å². The minimum Gasteiger partial charge on any atom is -0.494 e. The fourth-order valence-electron chi connectivity index (χ4n) is 1.75. The molecule has 0 aliphatic rings. The van der Waals surface area contributed by atoms with Crippen LogP contribution in [0.3, 0.4) is 0 Å². The third-order valence-electron chi connectivity index (χ3n) is 2.94. The molecule has 2 aromatic rings. The van der Waals surface area contributed by atoms with Crippen molar-refractivity contribution in [1.29, 1.82) is 0 Å². The van der Waals surface area contributed by atoms with Gasteiger partial charge in [0.15, 0.2) is 6.10 Å². The number of hydrazine groups is 1. The van der Waals surface area contributed by atoms with Gasteiger partial charge in [-0.3, -0.25) is 10.2 Å². The summed E-state index contributed by atoms with van der Waals surface area (Å²) in [7, 11) is -3.87. The van der Waals surface area contributed by atoms with E-state index in [1.165, 1.54) is 19.1 Å². The number of rotatable bonds is 8. The number of hydrogen-bond donors (Lipinski definition) is 2. The number of sulfonamides is 1. The minimum absolute atomic E-state index is 0.00196. The third kappa shape index (κ3) is 5.60. The molecule has 0 saturated carbocycles. The second-order valence-electron chi connectivity index (χ2n) is 4.82. The quantitative estimate of drug-likeness (QED) is 0.659. The fourth-order valence-corrected chi connectivity index (χ4v) is 4.08. The molecule has 0 bridgehead atoms. The summed E-state index contributed by atoms with van der Waals surface area (Å²) in [5.41, 5.74) is 2.12. The van der Waals surface area contributed by atoms with Gasteiger partial charge in [-0.15, -0.1) is 16.2 Å².